The predicted molar refractivity (Wildman–Crippen MR) is 65.3 cm³/mol. The van der Waals surface area contributed by atoms with Crippen molar-refractivity contribution in [3.8, 4) is 0 Å². The van der Waals surface area contributed by atoms with E-state index in [-0.39, 0.29) is 5.91 Å². The average molecular weight is 298 g/mol. The highest BCUT2D eigenvalue weighted by Crippen LogP contribution is 2.15. The second kappa shape index (κ2) is 4.70. The summed E-state index contributed by atoms with van der Waals surface area (Å²) in [5.41, 5.74) is 1.29. The molecule has 0 saturated heterocycles. The lowest BCUT2D eigenvalue weighted by molar-refractivity contribution is 0.0776. The van der Waals surface area contributed by atoms with Gasteiger partial charge in [-0.25, -0.2) is 0 Å². The molecule has 0 saturated carbocycles. The number of carbonyl (C=O) groups is 1. The lowest BCUT2D eigenvalue weighted by atomic mass is 10.3. The molecule has 17 heavy (non-hydrogen) atoms. The molecule has 2 aromatic rings. The second-order valence-corrected chi connectivity index (χ2v) is 4.59. The van der Waals surface area contributed by atoms with Crippen molar-refractivity contribution in [1.29, 1.82) is 0 Å². The number of aromatic amines is 1. The fourth-order valence-electron chi connectivity index (χ4n) is 1.47. The molecule has 2 aromatic heterocycles. The third-order valence-corrected chi connectivity index (χ3v) is 2.92. The van der Waals surface area contributed by atoms with Crippen molar-refractivity contribution in [2.24, 2.45) is 7.05 Å². The molecule has 0 bridgehead atoms. The Morgan fingerprint density at radius 1 is 1.65 bits per heavy atom. The SMILES string of the molecule is CN(Cc1ccn(C)n1)C(=O)c1[nH]ncc1Br. The first-order valence-electron chi connectivity index (χ1n) is 5.01. The van der Waals surface area contributed by atoms with E-state index < -0.39 is 0 Å². The van der Waals surface area contributed by atoms with Gasteiger partial charge in [0.05, 0.1) is 22.9 Å². The number of aromatic nitrogens is 4. The van der Waals surface area contributed by atoms with Gasteiger partial charge in [0.15, 0.2) is 0 Å². The zero-order valence-electron chi connectivity index (χ0n) is 9.51. The maximum absolute atomic E-state index is 12.0. The fourth-order valence-corrected chi connectivity index (χ4v) is 1.84. The van der Waals surface area contributed by atoms with Crippen LogP contribution in [-0.4, -0.2) is 37.8 Å². The van der Waals surface area contributed by atoms with Crippen molar-refractivity contribution in [2.45, 2.75) is 6.54 Å². The summed E-state index contributed by atoms with van der Waals surface area (Å²) in [5.74, 6) is -0.125. The number of amides is 1. The maximum Gasteiger partial charge on any atom is 0.273 e. The number of aryl methyl sites for hydroxylation is 1. The molecule has 2 rings (SSSR count). The number of nitrogens with zero attached hydrogens (tertiary/aromatic N) is 4. The largest absolute Gasteiger partial charge is 0.334 e. The first kappa shape index (κ1) is 11.8. The Balaban J connectivity index is 2.08. The van der Waals surface area contributed by atoms with Gasteiger partial charge in [0.1, 0.15) is 5.69 Å². The molecule has 0 radical (unpaired) electrons. The molecule has 0 fully saturated rings. The van der Waals surface area contributed by atoms with Crippen LogP contribution in [0, 0.1) is 0 Å². The van der Waals surface area contributed by atoms with Crippen LogP contribution < -0.4 is 0 Å². The van der Waals surface area contributed by atoms with Crippen LogP contribution in [0.15, 0.2) is 22.9 Å². The van der Waals surface area contributed by atoms with Crippen LogP contribution in [0.25, 0.3) is 0 Å². The minimum Gasteiger partial charge on any atom is -0.334 e. The monoisotopic (exact) mass is 297 g/mol. The molecule has 6 nitrogen and oxygen atoms in total. The van der Waals surface area contributed by atoms with Crippen LogP contribution in [0.5, 0.6) is 0 Å². The van der Waals surface area contributed by atoms with Crippen molar-refractivity contribution in [3.05, 3.63) is 34.3 Å². The molecule has 0 atom stereocenters. The molecule has 2 heterocycles. The van der Waals surface area contributed by atoms with Crippen LogP contribution in [-0.2, 0) is 13.6 Å². The number of nitrogens with one attached hydrogen (secondary N) is 1. The Morgan fingerprint density at radius 2 is 2.41 bits per heavy atom. The van der Waals surface area contributed by atoms with Gasteiger partial charge in [-0.15, -0.1) is 0 Å². The Kier molecular flexibility index (Phi) is 3.28. The quantitative estimate of drug-likeness (QED) is 0.925. The Bertz CT molecular complexity index is 532. The number of hydrogen-bond acceptors (Lipinski definition) is 3. The third kappa shape index (κ3) is 2.55. The molecule has 1 amide bonds. The molecule has 0 unspecified atom stereocenters. The van der Waals surface area contributed by atoms with E-state index >= 15 is 0 Å². The second-order valence-electron chi connectivity index (χ2n) is 3.73. The number of rotatable bonds is 3. The minimum absolute atomic E-state index is 0.125. The highest BCUT2D eigenvalue weighted by molar-refractivity contribution is 9.10. The lowest BCUT2D eigenvalue weighted by Crippen LogP contribution is -2.27. The van der Waals surface area contributed by atoms with E-state index in [1.54, 1.807) is 22.8 Å². The van der Waals surface area contributed by atoms with Crippen LogP contribution >= 0.6 is 15.9 Å². The third-order valence-electron chi connectivity index (χ3n) is 2.32. The summed E-state index contributed by atoms with van der Waals surface area (Å²) in [5, 5.41) is 10.7. The van der Waals surface area contributed by atoms with Crippen molar-refractivity contribution < 1.29 is 4.79 Å². The number of H-pyrrole nitrogens is 1. The summed E-state index contributed by atoms with van der Waals surface area (Å²) in [7, 11) is 3.57. The molecular weight excluding hydrogens is 286 g/mol. The van der Waals surface area contributed by atoms with E-state index in [1.807, 2.05) is 19.3 Å². The van der Waals surface area contributed by atoms with E-state index in [0.29, 0.717) is 16.7 Å². The number of hydrogen-bond donors (Lipinski definition) is 1. The highest BCUT2D eigenvalue weighted by atomic mass is 79.9. The molecule has 90 valence electrons. The zero-order chi connectivity index (χ0) is 12.4. The van der Waals surface area contributed by atoms with E-state index in [9.17, 15) is 4.79 Å². The summed E-state index contributed by atoms with van der Waals surface area (Å²) in [6.07, 6.45) is 3.40. The van der Waals surface area contributed by atoms with Gasteiger partial charge < -0.3 is 4.90 Å². The Labute approximate surface area is 107 Å². The first-order valence-corrected chi connectivity index (χ1v) is 5.80. The maximum atomic E-state index is 12.0. The van der Waals surface area contributed by atoms with Gasteiger partial charge >= 0.3 is 0 Å². The van der Waals surface area contributed by atoms with Gasteiger partial charge in [-0.3, -0.25) is 14.6 Å². The van der Waals surface area contributed by atoms with Crippen molar-refractivity contribution in [3.63, 3.8) is 0 Å². The highest BCUT2D eigenvalue weighted by Gasteiger charge is 2.17. The first-order chi connectivity index (χ1) is 8.08. The summed E-state index contributed by atoms with van der Waals surface area (Å²) in [6.45, 7) is 0.463. The van der Waals surface area contributed by atoms with E-state index in [0.717, 1.165) is 5.69 Å². The molecule has 0 spiro atoms. The van der Waals surface area contributed by atoms with E-state index in [2.05, 4.69) is 31.2 Å². The van der Waals surface area contributed by atoms with E-state index in [1.165, 1.54) is 0 Å². The number of carbonyl (C=O) groups excluding carboxylic acids is 1. The standard InChI is InChI=1S/C10H12BrN5O/c1-15(6-7-3-4-16(2)14-7)10(17)9-8(11)5-12-13-9/h3-5H,6H2,1-2H3,(H,12,13). The van der Waals surface area contributed by atoms with Gasteiger partial charge in [-0.2, -0.15) is 10.2 Å². The molecular formula is C10H12BrN5O. The van der Waals surface area contributed by atoms with Crippen molar-refractivity contribution in [2.75, 3.05) is 7.05 Å². The van der Waals surface area contributed by atoms with Crippen molar-refractivity contribution in [1.82, 2.24) is 24.9 Å². The Morgan fingerprint density at radius 3 is 2.94 bits per heavy atom. The summed E-state index contributed by atoms with van der Waals surface area (Å²) in [4.78, 5) is 13.6. The van der Waals surface area contributed by atoms with Crippen LogP contribution in [0.2, 0.25) is 0 Å². The smallest absolute Gasteiger partial charge is 0.273 e. The normalized spacial score (nSPS) is 10.5. The van der Waals surface area contributed by atoms with Crippen molar-refractivity contribution >= 4 is 21.8 Å². The summed E-state index contributed by atoms with van der Waals surface area (Å²) < 4.78 is 2.37. The lowest BCUT2D eigenvalue weighted by Gasteiger charge is -2.14. The van der Waals surface area contributed by atoms with Gasteiger partial charge in [-0.05, 0) is 22.0 Å². The van der Waals surface area contributed by atoms with Crippen LogP contribution in [0.4, 0.5) is 0 Å². The van der Waals surface area contributed by atoms with E-state index in [4.69, 9.17) is 0 Å². The predicted octanol–water partition coefficient (Wildman–Crippen LogP) is 1.18. The molecule has 0 aliphatic rings. The summed E-state index contributed by atoms with van der Waals surface area (Å²) in [6, 6.07) is 1.88. The molecule has 1 N–H and O–H groups in total. The van der Waals surface area contributed by atoms with Crippen LogP contribution in [0.1, 0.15) is 16.2 Å². The number of halogens is 1. The van der Waals surface area contributed by atoms with Crippen LogP contribution in [0.3, 0.4) is 0 Å². The van der Waals surface area contributed by atoms with Gasteiger partial charge in [0.2, 0.25) is 0 Å². The Hall–Kier alpha value is -1.63. The fraction of sp³-hybridized carbons (Fsp3) is 0.300. The minimum atomic E-state index is -0.125. The molecule has 0 aliphatic carbocycles. The zero-order valence-corrected chi connectivity index (χ0v) is 11.1. The molecule has 0 aliphatic heterocycles. The van der Waals surface area contributed by atoms with Gasteiger partial charge in [0, 0.05) is 20.3 Å². The topological polar surface area (TPSA) is 66.8 Å². The molecule has 7 heteroatoms. The van der Waals surface area contributed by atoms with Gasteiger partial charge in [0.25, 0.3) is 5.91 Å². The average Bonchev–Trinajstić information content (AvgIpc) is 2.86. The van der Waals surface area contributed by atoms with Gasteiger partial charge in [-0.1, -0.05) is 0 Å². The molecule has 0 aromatic carbocycles. The summed E-state index contributed by atoms with van der Waals surface area (Å²) >= 11 is 3.26.